The fourth-order valence-electron chi connectivity index (χ4n) is 1.22. The van der Waals surface area contributed by atoms with Gasteiger partial charge < -0.3 is 15.4 Å². The highest BCUT2D eigenvalue weighted by atomic mass is 79.9. The van der Waals surface area contributed by atoms with E-state index in [0.717, 1.165) is 0 Å². The molecule has 0 saturated carbocycles. The average molecular weight is 349 g/mol. The van der Waals surface area contributed by atoms with Crippen molar-refractivity contribution in [3.63, 3.8) is 0 Å². The second kappa shape index (κ2) is 7.40. The van der Waals surface area contributed by atoms with E-state index < -0.39 is 5.82 Å². The van der Waals surface area contributed by atoms with Crippen LogP contribution in [0.5, 0.6) is 5.75 Å². The zero-order valence-corrected chi connectivity index (χ0v) is 12.8. The van der Waals surface area contributed by atoms with Crippen LogP contribution in [0.15, 0.2) is 22.7 Å². The smallest absolute Gasteiger partial charge is 0.260 e. The van der Waals surface area contributed by atoms with Gasteiger partial charge in [0.15, 0.2) is 6.61 Å². The molecule has 0 heterocycles. The van der Waals surface area contributed by atoms with Gasteiger partial charge in [-0.05, 0) is 28.1 Å². The Hall–Kier alpha value is -1.21. The van der Waals surface area contributed by atoms with Crippen LogP contribution in [-0.2, 0) is 4.79 Å². The second-order valence-corrected chi connectivity index (χ2v) is 5.27. The molecular formula is C12H14BrFN2O2S. The fourth-order valence-corrected chi connectivity index (χ4v) is 1.56. The topological polar surface area (TPSA) is 55.6 Å². The Bertz CT molecular complexity index is 485. The molecule has 0 aliphatic rings. The molecule has 1 rings (SSSR count). The molecule has 19 heavy (non-hydrogen) atoms. The van der Waals surface area contributed by atoms with Gasteiger partial charge in [0.05, 0.1) is 9.46 Å². The zero-order valence-electron chi connectivity index (χ0n) is 10.4. The Labute approximate surface area is 124 Å². The minimum atomic E-state index is -0.438. The molecule has 7 heteroatoms. The first-order valence-electron chi connectivity index (χ1n) is 5.50. The molecule has 1 aromatic carbocycles. The number of nitrogens with two attached hydrogens (primary N) is 1. The third kappa shape index (κ3) is 5.52. The van der Waals surface area contributed by atoms with Crippen molar-refractivity contribution in [2.24, 2.45) is 5.73 Å². The van der Waals surface area contributed by atoms with Gasteiger partial charge in [-0.25, -0.2) is 4.39 Å². The van der Waals surface area contributed by atoms with Crippen molar-refractivity contribution in [3.8, 4) is 5.75 Å². The van der Waals surface area contributed by atoms with Gasteiger partial charge in [-0.2, -0.15) is 0 Å². The molecule has 0 radical (unpaired) electrons. The maximum atomic E-state index is 13.2. The van der Waals surface area contributed by atoms with Crippen molar-refractivity contribution in [3.05, 3.63) is 28.5 Å². The number of carbonyl (C=O) groups is 1. The SMILES string of the molecule is CN(CCC(N)=S)C(=O)COc1ccc(Br)c(F)c1. The number of hydrogen-bond donors (Lipinski definition) is 1. The van der Waals surface area contributed by atoms with E-state index >= 15 is 0 Å². The molecule has 0 aliphatic carbocycles. The number of amides is 1. The zero-order chi connectivity index (χ0) is 14.4. The number of ether oxygens (including phenoxy) is 1. The highest BCUT2D eigenvalue weighted by Gasteiger charge is 2.10. The van der Waals surface area contributed by atoms with Crippen LogP contribution in [0.25, 0.3) is 0 Å². The third-order valence-corrected chi connectivity index (χ3v) is 3.22. The summed E-state index contributed by atoms with van der Waals surface area (Å²) in [6.07, 6.45) is 0.463. The molecule has 1 amide bonds. The molecule has 104 valence electrons. The average Bonchev–Trinajstić information content (AvgIpc) is 2.36. The van der Waals surface area contributed by atoms with Crippen LogP contribution in [0, 0.1) is 5.82 Å². The summed E-state index contributed by atoms with van der Waals surface area (Å²) in [5.41, 5.74) is 5.35. The van der Waals surface area contributed by atoms with Gasteiger partial charge in [-0.1, -0.05) is 12.2 Å². The highest BCUT2D eigenvalue weighted by molar-refractivity contribution is 9.10. The summed E-state index contributed by atoms with van der Waals surface area (Å²) in [6.45, 7) is 0.279. The Morgan fingerprint density at radius 3 is 2.84 bits per heavy atom. The summed E-state index contributed by atoms with van der Waals surface area (Å²) in [4.78, 5) is 13.5. The maximum Gasteiger partial charge on any atom is 0.260 e. The molecule has 0 atom stereocenters. The minimum absolute atomic E-state index is 0.158. The lowest BCUT2D eigenvalue weighted by Gasteiger charge is -2.17. The lowest BCUT2D eigenvalue weighted by molar-refractivity contribution is -0.131. The van der Waals surface area contributed by atoms with E-state index in [1.165, 1.54) is 17.0 Å². The molecule has 0 aliphatic heterocycles. The van der Waals surface area contributed by atoms with Crippen LogP contribution >= 0.6 is 28.1 Å². The van der Waals surface area contributed by atoms with Crippen LogP contribution in [0.3, 0.4) is 0 Å². The number of benzene rings is 1. The van der Waals surface area contributed by atoms with Gasteiger partial charge in [0.1, 0.15) is 11.6 Å². The van der Waals surface area contributed by atoms with Crippen LogP contribution in [-0.4, -0.2) is 36.0 Å². The predicted molar refractivity (Wildman–Crippen MR) is 78.6 cm³/mol. The summed E-state index contributed by atoms with van der Waals surface area (Å²) >= 11 is 7.77. The summed E-state index contributed by atoms with van der Waals surface area (Å²) in [5, 5.41) is 0. The number of nitrogens with zero attached hydrogens (tertiary/aromatic N) is 1. The number of likely N-dealkylation sites (N-methyl/N-ethyl adjacent to an activating group) is 1. The van der Waals surface area contributed by atoms with Crippen molar-refractivity contribution < 1.29 is 13.9 Å². The first-order valence-corrected chi connectivity index (χ1v) is 6.70. The van der Waals surface area contributed by atoms with E-state index in [1.807, 2.05) is 0 Å². The Morgan fingerprint density at radius 1 is 1.58 bits per heavy atom. The number of hydrogen-bond acceptors (Lipinski definition) is 3. The minimum Gasteiger partial charge on any atom is -0.484 e. The van der Waals surface area contributed by atoms with Crippen LogP contribution in [0.1, 0.15) is 6.42 Å². The van der Waals surface area contributed by atoms with Gasteiger partial charge in [0, 0.05) is 26.1 Å². The molecule has 2 N–H and O–H groups in total. The van der Waals surface area contributed by atoms with Crippen LogP contribution < -0.4 is 10.5 Å². The second-order valence-electron chi connectivity index (χ2n) is 3.90. The van der Waals surface area contributed by atoms with E-state index in [-0.39, 0.29) is 12.5 Å². The van der Waals surface area contributed by atoms with Crippen LogP contribution in [0.2, 0.25) is 0 Å². The quantitative estimate of drug-likeness (QED) is 0.800. The van der Waals surface area contributed by atoms with Crippen molar-refractivity contribution in [1.82, 2.24) is 4.90 Å². The van der Waals surface area contributed by atoms with Crippen molar-refractivity contribution in [2.75, 3.05) is 20.2 Å². The first kappa shape index (κ1) is 15.8. The normalized spacial score (nSPS) is 10.1. The molecule has 1 aromatic rings. The van der Waals surface area contributed by atoms with Crippen molar-refractivity contribution in [2.45, 2.75) is 6.42 Å². The standard InChI is InChI=1S/C12H14BrFN2O2S/c1-16(5-4-11(15)19)12(17)7-18-8-2-3-9(13)10(14)6-8/h2-3,6H,4-5,7H2,1H3,(H2,15,19). The molecule has 0 aromatic heterocycles. The number of halogens is 2. The number of rotatable bonds is 6. The van der Waals surface area contributed by atoms with E-state index in [1.54, 1.807) is 13.1 Å². The van der Waals surface area contributed by atoms with E-state index in [4.69, 9.17) is 22.7 Å². The van der Waals surface area contributed by atoms with Gasteiger partial charge in [0.2, 0.25) is 0 Å². The lowest BCUT2D eigenvalue weighted by atomic mass is 10.3. The molecule has 4 nitrogen and oxygen atoms in total. The maximum absolute atomic E-state index is 13.2. The Balaban J connectivity index is 2.44. The Morgan fingerprint density at radius 2 is 2.26 bits per heavy atom. The van der Waals surface area contributed by atoms with Crippen LogP contribution in [0.4, 0.5) is 4.39 Å². The number of carbonyl (C=O) groups excluding carboxylic acids is 1. The first-order chi connectivity index (χ1) is 8.90. The van der Waals surface area contributed by atoms with Gasteiger partial charge in [-0.3, -0.25) is 4.79 Å². The highest BCUT2D eigenvalue weighted by Crippen LogP contribution is 2.20. The predicted octanol–water partition coefficient (Wildman–Crippen LogP) is 2.10. The molecule has 0 unspecified atom stereocenters. The summed E-state index contributed by atoms with van der Waals surface area (Å²) in [5.74, 6) is -0.358. The monoisotopic (exact) mass is 348 g/mol. The molecule has 0 fully saturated rings. The fraction of sp³-hybridized carbons (Fsp3) is 0.333. The van der Waals surface area contributed by atoms with Gasteiger partial charge in [0.25, 0.3) is 5.91 Å². The van der Waals surface area contributed by atoms with Crippen molar-refractivity contribution in [1.29, 1.82) is 0 Å². The Kier molecular flexibility index (Phi) is 6.17. The van der Waals surface area contributed by atoms with Gasteiger partial charge >= 0.3 is 0 Å². The lowest BCUT2D eigenvalue weighted by Crippen LogP contribution is -2.33. The number of thiocarbonyl (C=S) groups is 1. The van der Waals surface area contributed by atoms with E-state index in [0.29, 0.717) is 28.2 Å². The molecule has 0 bridgehead atoms. The molecule has 0 spiro atoms. The summed E-state index contributed by atoms with van der Waals surface area (Å²) < 4.78 is 18.8. The van der Waals surface area contributed by atoms with Crippen molar-refractivity contribution >= 4 is 39.0 Å². The molecule has 0 saturated heterocycles. The summed E-state index contributed by atoms with van der Waals surface area (Å²) in [6, 6.07) is 4.31. The molecular weight excluding hydrogens is 335 g/mol. The van der Waals surface area contributed by atoms with Gasteiger partial charge in [-0.15, -0.1) is 0 Å². The van der Waals surface area contributed by atoms with E-state index in [9.17, 15) is 9.18 Å². The largest absolute Gasteiger partial charge is 0.484 e. The third-order valence-electron chi connectivity index (χ3n) is 2.37. The van der Waals surface area contributed by atoms with E-state index in [2.05, 4.69) is 15.9 Å². The summed E-state index contributed by atoms with van der Waals surface area (Å²) in [7, 11) is 1.63.